The Labute approximate surface area is 83.5 Å². The van der Waals surface area contributed by atoms with Crippen LogP contribution in [0.3, 0.4) is 0 Å². The molecule has 0 aliphatic carbocycles. The van der Waals surface area contributed by atoms with Gasteiger partial charge in [-0.3, -0.25) is 0 Å². The Morgan fingerprint density at radius 2 is 1.87 bits per heavy atom. The molecule has 0 aliphatic heterocycles. The molecular weight excluding hydrogens is 204 g/mol. The summed E-state index contributed by atoms with van der Waals surface area (Å²) in [5, 5.41) is 9.17. The van der Waals surface area contributed by atoms with Crippen molar-refractivity contribution in [2.45, 2.75) is 0 Å². The Hall–Kier alpha value is -1.91. The summed E-state index contributed by atoms with van der Waals surface area (Å²) in [7, 11) is 1.49. The Morgan fingerprint density at radius 1 is 1.27 bits per heavy atom. The van der Waals surface area contributed by atoms with Gasteiger partial charge in [0.1, 0.15) is 5.69 Å². The number of rotatable bonds is 1. The Kier molecular flexibility index (Phi) is 1.96. The lowest BCUT2D eigenvalue weighted by molar-refractivity contribution is 0.0687. The average Bonchev–Trinajstić information content (AvgIpc) is 2.46. The minimum absolute atomic E-state index is 0.00463. The Morgan fingerprint density at radius 3 is 2.47 bits per heavy atom. The van der Waals surface area contributed by atoms with Gasteiger partial charge in [-0.1, -0.05) is 0 Å². The number of halogens is 2. The minimum Gasteiger partial charge on any atom is -0.477 e. The van der Waals surface area contributed by atoms with Gasteiger partial charge in [0.2, 0.25) is 0 Å². The number of carboxylic acids is 1. The number of fused-ring (bicyclic) bond motifs is 1. The number of aromatic carboxylic acids is 1. The van der Waals surface area contributed by atoms with E-state index in [1.165, 1.54) is 17.7 Å². The predicted octanol–water partition coefficient (Wildman–Crippen LogP) is 2.15. The van der Waals surface area contributed by atoms with E-state index >= 15 is 0 Å². The smallest absolute Gasteiger partial charge is 0.352 e. The minimum atomic E-state index is -1.13. The fraction of sp³-hybridized carbons (Fsp3) is 0.100. The van der Waals surface area contributed by atoms with Gasteiger partial charge in [-0.2, -0.15) is 0 Å². The average molecular weight is 211 g/mol. The number of nitrogens with zero attached hydrogens (tertiary/aromatic N) is 1. The van der Waals surface area contributed by atoms with Crippen LogP contribution >= 0.6 is 0 Å². The summed E-state index contributed by atoms with van der Waals surface area (Å²) in [4.78, 5) is 10.8. The highest BCUT2D eigenvalue weighted by molar-refractivity contribution is 5.94. The summed E-state index contributed by atoms with van der Waals surface area (Å²) in [6.45, 7) is 0. The van der Waals surface area contributed by atoms with Gasteiger partial charge in [0, 0.05) is 18.5 Å². The van der Waals surface area contributed by atoms with E-state index in [1.807, 2.05) is 0 Å². The van der Waals surface area contributed by atoms with E-state index in [9.17, 15) is 13.6 Å². The molecule has 0 atom stereocenters. The van der Waals surface area contributed by atoms with Crippen molar-refractivity contribution < 1.29 is 18.7 Å². The molecule has 0 amide bonds. The third kappa shape index (κ3) is 1.36. The lowest BCUT2D eigenvalue weighted by Gasteiger charge is -1.99. The molecule has 0 unspecified atom stereocenters. The second kappa shape index (κ2) is 3.05. The summed E-state index contributed by atoms with van der Waals surface area (Å²) in [6.07, 6.45) is 0. The molecule has 78 valence electrons. The monoisotopic (exact) mass is 211 g/mol. The van der Waals surface area contributed by atoms with Crippen LogP contribution in [-0.4, -0.2) is 15.6 Å². The van der Waals surface area contributed by atoms with E-state index in [4.69, 9.17) is 5.11 Å². The van der Waals surface area contributed by atoms with Crippen LogP contribution in [0.15, 0.2) is 18.2 Å². The van der Waals surface area contributed by atoms with E-state index in [0.29, 0.717) is 10.9 Å². The van der Waals surface area contributed by atoms with Crippen LogP contribution in [0.1, 0.15) is 10.5 Å². The molecule has 2 aromatic rings. The van der Waals surface area contributed by atoms with Crippen molar-refractivity contribution in [3.63, 3.8) is 0 Å². The molecule has 0 aliphatic rings. The van der Waals surface area contributed by atoms with Gasteiger partial charge in [0.05, 0.1) is 5.52 Å². The van der Waals surface area contributed by atoms with Gasteiger partial charge >= 0.3 is 5.97 Å². The van der Waals surface area contributed by atoms with Gasteiger partial charge in [-0.05, 0) is 12.1 Å². The first-order valence-corrected chi connectivity index (χ1v) is 4.18. The van der Waals surface area contributed by atoms with Gasteiger partial charge in [-0.25, -0.2) is 13.6 Å². The molecule has 0 radical (unpaired) electrons. The van der Waals surface area contributed by atoms with Crippen LogP contribution in [0.25, 0.3) is 10.9 Å². The molecular formula is C10H7F2NO2. The maximum absolute atomic E-state index is 12.9. The van der Waals surface area contributed by atoms with Crippen molar-refractivity contribution in [3.8, 4) is 0 Å². The van der Waals surface area contributed by atoms with Crippen LogP contribution in [0.4, 0.5) is 8.78 Å². The summed E-state index contributed by atoms with van der Waals surface area (Å²) < 4.78 is 27.1. The van der Waals surface area contributed by atoms with E-state index in [1.54, 1.807) is 0 Å². The molecule has 0 spiro atoms. The van der Waals surface area contributed by atoms with E-state index in [0.717, 1.165) is 12.1 Å². The fourth-order valence-corrected chi connectivity index (χ4v) is 1.54. The molecule has 1 heterocycles. The van der Waals surface area contributed by atoms with Crippen LogP contribution in [-0.2, 0) is 7.05 Å². The zero-order chi connectivity index (χ0) is 11.2. The van der Waals surface area contributed by atoms with Crippen LogP contribution < -0.4 is 0 Å². The first-order valence-electron chi connectivity index (χ1n) is 4.18. The second-order valence-corrected chi connectivity index (χ2v) is 3.22. The maximum atomic E-state index is 12.9. The van der Waals surface area contributed by atoms with Crippen LogP contribution in [0.5, 0.6) is 0 Å². The van der Waals surface area contributed by atoms with Gasteiger partial charge in [0.25, 0.3) is 0 Å². The van der Waals surface area contributed by atoms with E-state index < -0.39 is 17.6 Å². The number of hydrogen-bond donors (Lipinski definition) is 1. The normalized spacial score (nSPS) is 10.9. The molecule has 1 aromatic carbocycles. The van der Waals surface area contributed by atoms with Crippen LogP contribution in [0.2, 0.25) is 0 Å². The van der Waals surface area contributed by atoms with Gasteiger partial charge in [-0.15, -0.1) is 0 Å². The number of aromatic nitrogens is 1. The molecule has 1 N–H and O–H groups in total. The lowest BCUT2D eigenvalue weighted by atomic mass is 10.2. The number of hydrogen-bond acceptors (Lipinski definition) is 1. The van der Waals surface area contributed by atoms with Crippen molar-refractivity contribution in [2.24, 2.45) is 7.05 Å². The first-order chi connectivity index (χ1) is 7.00. The maximum Gasteiger partial charge on any atom is 0.352 e. The fourth-order valence-electron chi connectivity index (χ4n) is 1.54. The Bertz CT molecular complexity index is 560. The summed E-state index contributed by atoms with van der Waals surface area (Å²) >= 11 is 0. The lowest BCUT2D eigenvalue weighted by Crippen LogP contribution is -2.03. The third-order valence-corrected chi connectivity index (χ3v) is 2.30. The molecule has 5 heteroatoms. The number of carbonyl (C=O) groups is 1. The molecule has 1 aromatic heterocycles. The highest BCUT2D eigenvalue weighted by atomic mass is 19.2. The third-order valence-electron chi connectivity index (χ3n) is 2.30. The van der Waals surface area contributed by atoms with Gasteiger partial charge in [0.15, 0.2) is 11.6 Å². The molecule has 0 fully saturated rings. The molecule has 3 nitrogen and oxygen atoms in total. The number of carboxylic acid groups (broad SMARTS) is 1. The highest BCUT2D eigenvalue weighted by Crippen LogP contribution is 2.21. The first kappa shape index (κ1) is 9.64. The topological polar surface area (TPSA) is 42.2 Å². The number of benzene rings is 1. The van der Waals surface area contributed by atoms with Crippen molar-refractivity contribution in [1.29, 1.82) is 0 Å². The largest absolute Gasteiger partial charge is 0.477 e. The second-order valence-electron chi connectivity index (χ2n) is 3.22. The van der Waals surface area contributed by atoms with Crippen molar-refractivity contribution in [3.05, 3.63) is 35.5 Å². The molecule has 0 saturated carbocycles. The van der Waals surface area contributed by atoms with Crippen molar-refractivity contribution in [1.82, 2.24) is 4.57 Å². The Balaban J connectivity index is 2.83. The zero-order valence-corrected chi connectivity index (χ0v) is 7.79. The summed E-state index contributed by atoms with van der Waals surface area (Å²) in [5.74, 6) is -3.10. The number of aryl methyl sites for hydroxylation is 1. The predicted molar refractivity (Wildman–Crippen MR) is 49.8 cm³/mol. The van der Waals surface area contributed by atoms with Crippen LogP contribution in [0, 0.1) is 11.6 Å². The quantitative estimate of drug-likeness (QED) is 0.785. The standard InChI is InChI=1S/C10H7F2NO2/c1-13-8-4-7(12)6(11)2-5(8)3-9(13)10(14)15/h2-4H,1H3,(H,14,15). The zero-order valence-electron chi connectivity index (χ0n) is 7.79. The SMILES string of the molecule is Cn1c(C(=O)O)cc2cc(F)c(F)cc21. The molecule has 0 saturated heterocycles. The summed E-state index contributed by atoms with van der Waals surface area (Å²) in [6, 6.07) is 3.27. The van der Waals surface area contributed by atoms with E-state index in [-0.39, 0.29) is 5.69 Å². The van der Waals surface area contributed by atoms with Crippen molar-refractivity contribution in [2.75, 3.05) is 0 Å². The van der Waals surface area contributed by atoms with Gasteiger partial charge < -0.3 is 9.67 Å². The summed E-state index contributed by atoms with van der Waals surface area (Å²) in [5.41, 5.74) is 0.348. The molecule has 2 rings (SSSR count). The molecule has 0 bridgehead atoms. The van der Waals surface area contributed by atoms with Crippen molar-refractivity contribution >= 4 is 16.9 Å². The highest BCUT2D eigenvalue weighted by Gasteiger charge is 2.14. The molecule has 15 heavy (non-hydrogen) atoms. The van der Waals surface area contributed by atoms with E-state index in [2.05, 4.69) is 0 Å².